The number of carbonyl (C=O) groups excluding carboxylic acids is 1. The quantitative estimate of drug-likeness (QED) is 0.837. The summed E-state index contributed by atoms with van der Waals surface area (Å²) < 4.78 is 4.36. The Morgan fingerprint density at radius 1 is 1.55 bits per heavy atom. The Balaban J connectivity index is 2.01. The van der Waals surface area contributed by atoms with E-state index in [-0.39, 0.29) is 11.9 Å². The monoisotopic (exact) mass is 339 g/mol. The summed E-state index contributed by atoms with van der Waals surface area (Å²) in [6.07, 6.45) is 5.39. The van der Waals surface area contributed by atoms with Crippen LogP contribution in [0.2, 0.25) is 0 Å². The Morgan fingerprint density at radius 3 is 2.85 bits per heavy atom. The zero-order valence-corrected chi connectivity index (χ0v) is 13.4. The van der Waals surface area contributed by atoms with Gasteiger partial charge in [0.15, 0.2) is 0 Å². The van der Waals surface area contributed by atoms with E-state index in [0.717, 1.165) is 16.7 Å². The zero-order chi connectivity index (χ0) is 14.7. The van der Waals surface area contributed by atoms with Gasteiger partial charge in [-0.05, 0) is 35.8 Å². The molecule has 0 saturated heterocycles. The predicted molar refractivity (Wildman–Crippen MR) is 79.0 cm³/mol. The van der Waals surface area contributed by atoms with Crippen LogP contribution in [0.4, 0.5) is 0 Å². The third-order valence-electron chi connectivity index (χ3n) is 3.12. The number of halogens is 1. The molecule has 7 heteroatoms. The van der Waals surface area contributed by atoms with E-state index in [2.05, 4.69) is 26.1 Å². The van der Waals surface area contributed by atoms with Crippen molar-refractivity contribution in [2.45, 2.75) is 33.0 Å². The van der Waals surface area contributed by atoms with Gasteiger partial charge < -0.3 is 4.90 Å². The maximum atomic E-state index is 12.3. The van der Waals surface area contributed by atoms with Crippen molar-refractivity contribution in [2.24, 2.45) is 0 Å². The molecule has 0 aliphatic rings. The van der Waals surface area contributed by atoms with E-state index >= 15 is 0 Å². The maximum Gasteiger partial charge on any atom is 0.247 e. The van der Waals surface area contributed by atoms with Crippen LogP contribution in [0, 0.1) is 0 Å². The van der Waals surface area contributed by atoms with E-state index in [9.17, 15) is 4.79 Å². The third-order valence-corrected chi connectivity index (χ3v) is 3.53. The fourth-order valence-corrected chi connectivity index (χ4v) is 2.25. The highest BCUT2D eigenvalue weighted by Gasteiger charge is 2.20. The molecule has 6 nitrogen and oxygen atoms in total. The van der Waals surface area contributed by atoms with E-state index in [4.69, 9.17) is 0 Å². The zero-order valence-electron chi connectivity index (χ0n) is 11.8. The second-order valence-corrected chi connectivity index (χ2v) is 5.59. The Bertz CT molecular complexity index is 591. The van der Waals surface area contributed by atoms with Crippen molar-refractivity contribution in [1.82, 2.24) is 24.5 Å². The molecule has 0 radical (unpaired) electrons. The molecule has 2 aromatic heterocycles. The molecule has 20 heavy (non-hydrogen) atoms. The van der Waals surface area contributed by atoms with Gasteiger partial charge in [-0.3, -0.25) is 14.2 Å². The van der Waals surface area contributed by atoms with Gasteiger partial charge in [0.25, 0.3) is 0 Å². The highest BCUT2D eigenvalue weighted by molar-refractivity contribution is 9.10. The van der Waals surface area contributed by atoms with Crippen LogP contribution in [0.1, 0.15) is 25.6 Å². The van der Waals surface area contributed by atoms with Gasteiger partial charge >= 0.3 is 0 Å². The largest absolute Gasteiger partial charge is 0.338 e. The van der Waals surface area contributed by atoms with Gasteiger partial charge in [0.2, 0.25) is 5.91 Å². The smallest absolute Gasteiger partial charge is 0.247 e. The van der Waals surface area contributed by atoms with Crippen molar-refractivity contribution in [3.05, 3.63) is 34.8 Å². The number of hydrogen-bond acceptors (Lipinski definition) is 3. The fourth-order valence-electron chi connectivity index (χ4n) is 1.94. The summed E-state index contributed by atoms with van der Waals surface area (Å²) in [6, 6.07) is 1.60. The van der Waals surface area contributed by atoms with E-state index in [1.807, 2.05) is 30.8 Å². The molecule has 0 aromatic carbocycles. The number of aromatic nitrogens is 4. The first-order valence-corrected chi connectivity index (χ1v) is 7.27. The Kier molecular flexibility index (Phi) is 4.59. The van der Waals surface area contributed by atoms with Crippen molar-refractivity contribution >= 4 is 21.8 Å². The van der Waals surface area contributed by atoms with Crippen LogP contribution in [0.15, 0.2) is 29.1 Å². The fraction of sp³-hybridized carbons (Fsp3) is 0.462. The molecule has 1 amide bonds. The number of aryl methyl sites for hydroxylation is 1. The lowest BCUT2D eigenvalue weighted by molar-refractivity contribution is -0.133. The lowest BCUT2D eigenvalue weighted by Gasteiger charge is -2.20. The van der Waals surface area contributed by atoms with Crippen LogP contribution in [0.5, 0.6) is 0 Å². The van der Waals surface area contributed by atoms with Crippen LogP contribution < -0.4 is 0 Å². The summed E-state index contributed by atoms with van der Waals surface area (Å²) in [5.41, 5.74) is 0.886. The Labute approximate surface area is 126 Å². The number of amides is 1. The highest BCUT2D eigenvalue weighted by Crippen LogP contribution is 2.14. The number of nitrogens with zero attached hydrogens (tertiary/aromatic N) is 5. The number of rotatable bonds is 5. The van der Waals surface area contributed by atoms with Gasteiger partial charge in [-0.15, -0.1) is 0 Å². The van der Waals surface area contributed by atoms with Crippen LogP contribution in [-0.2, 0) is 17.9 Å². The second kappa shape index (κ2) is 6.21. The average Bonchev–Trinajstić information content (AvgIpc) is 3.05. The lowest BCUT2D eigenvalue weighted by atomic mass is 10.3. The van der Waals surface area contributed by atoms with Crippen LogP contribution >= 0.6 is 15.9 Å². The Hall–Kier alpha value is -1.63. The van der Waals surface area contributed by atoms with Crippen molar-refractivity contribution in [3.8, 4) is 0 Å². The minimum Gasteiger partial charge on any atom is -0.338 e. The van der Waals surface area contributed by atoms with Crippen molar-refractivity contribution in [3.63, 3.8) is 0 Å². The molecular formula is C13H18BrN5O. The molecule has 0 aliphatic heterocycles. The first-order valence-electron chi connectivity index (χ1n) is 6.48. The van der Waals surface area contributed by atoms with Gasteiger partial charge in [-0.25, -0.2) is 0 Å². The van der Waals surface area contributed by atoms with E-state index < -0.39 is 0 Å². The summed E-state index contributed by atoms with van der Waals surface area (Å²) in [4.78, 5) is 14.0. The number of likely N-dealkylation sites (N-methyl/N-ethyl adjacent to an activating group) is 1. The van der Waals surface area contributed by atoms with Gasteiger partial charge in [0.1, 0.15) is 6.04 Å². The molecule has 2 heterocycles. The summed E-state index contributed by atoms with van der Waals surface area (Å²) in [5, 5.41) is 8.53. The molecule has 0 saturated carbocycles. The summed E-state index contributed by atoms with van der Waals surface area (Å²) in [6.45, 7) is 5.19. The molecule has 0 bridgehead atoms. The first kappa shape index (κ1) is 14.8. The molecule has 2 aromatic rings. The van der Waals surface area contributed by atoms with E-state index in [0.29, 0.717) is 6.54 Å². The molecule has 0 fully saturated rings. The molecule has 2 rings (SSSR count). The maximum absolute atomic E-state index is 12.3. The molecule has 0 aliphatic carbocycles. The highest BCUT2D eigenvalue weighted by atomic mass is 79.9. The van der Waals surface area contributed by atoms with Crippen molar-refractivity contribution in [2.75, 3.05) is 7.05 Å². The minimum atomic E-state index is -0.334. The number of carbonyl (C=O) groups is 1. The van der Waals surface area contributed by atoms with Crippen LogP contribution in [0.25, 0.3) is 0 Å². The van der Waals surface area contributed by atoms with Crippen LogP contribution in [-0.4, -0.2) is 37.4 Å². The van der Waals surface area contributed by atoms with Crippen molar-refractivity contribution in [1.29, 1.82) is 0 Å². The summed E-state index contributed by atoms with van der Waals surface area (Å²) in [7, 11) is 1.78. The normalized spacial score (nSPS) is 12.4. The van der Waals surface area contributed by atoms with Crippen LogP contribution in [0.3, 0.4) is 0 Å². The summed E-state index contributed by atoms with van der Waals surface area (Å²) in [5.74, 6) is 0.00616. The van der Waals surface area contributed by atoms with Gasteiger partial charge in [0, 0.05) is 26.0 Å². The molecule has 1 atom stereocenters. The second-order valence-electron chi connectivity index (χ2n) is 4.67. The lowest BCUT2D eigenvalue weighted by Crippen LogP contribution is -2.33. The molecule has 0 N–H and O–H groups in total. The predicted octanol–water partition coefficient (Wildman–Crippen LogP) is 2.08. The van der Waals surface area contributed by atoms with E-state index in [1.165, 1.54) is 0 Å². The third kappa shape index (κ3) is 3.27. The molecule has 1 unspecified atom stereocenters. The van der Waals surface area contributed by atoms with Gasteiger partial charge in [-0.2, -0.15) is 10.2 Å². The molecule has 0 spiro atoms. The van der Waals surface area contributed by atoms with Gasteiger partial charge in [-0.1, -0.05) is 0 Å². The topological polar surface area (TPSA) is 56.0 Å². The molecular weight excluding hydrogens is 322 g/mol. The average molecular weight is 340 g/mol. The van der Waals surface area contributed by atoms with Crippen molar-refractivity contribution < 1.29 is 4.79 Å². The molecule has 108 valence electrons. The first-order chi connectivity index (χ1) is 9.51. The number of hydrogen-bond donors (Lipinski definition) is 0. The minimum absolute atomic E-state index is 0.00616. The Morgan fingerprint density at radius 2 is 2.30 bits per heavy atom. The summed E-state index contributed by atoms with van der Waals surface area (Å²) >= 11 is 3.33. The standard InChI is InChI=1S/C13H18BrN5O/c1-4-18-6-5-12(16-18)9-17(3)13(20)10(2)19-8-11(14)7-15-19/h5-8,10H,4,9H2,1-3H3. The SMILES string of the molecule is CCn1ccc(CN(C)C(=O)C(C)n2cc(Br)cn2)n1. The van der Waals surface area contributed by atoms with Gasteiger partial charge in [0.05, 0.1) is 22.9 Å². The van der Waals surface area contributed by atoms with E-state index in [1.54, 1.807) is 29.0 Å².